The van der Waals surface area contributed by atoms with Gasteiger partial charge in [-0.1, -0.05) is 32.0 Å². The molecule has 0 aromatic heterocycles. The highest BCUT2D eigenvalue weighted by atomic mass is 35.5. The van der Waals surface area contributed by atoms with Crippen LogP contribution in [0, 0.1) is 6.92 Å². The number of rotatable bonds is 5. The van der Waals surface area contributed by atoms with Gasteiger partial charge in [0, 0.05) is 0 Å². The first-order valence-electron chi connectivity index (χ1n) is 7.81. The number of nitrogens with one attached hydrogen (secondary N) is 1. The molecule has 2 rings (SSSR count). The fraction of sp³-hybridized carbons (Fsp3) is 0.316. The van der Waals surface area contributed by atoms with Gasteiger partial charge in [-0.05, 0) is 55.2 Å². The normalized spacial score (nSPS) is 11.5. The lowest BCUT2D eigenvalue weighted by molar-refractivity contribution is -0.122. The van der Waals surface area contributed by atoms with E-state index in [1.807, 2.05) is 24.3 Å². The van der Waals surface area contributed by atoms with Crippen molar-refractivity contribution in [2.24, 2.45) is 0 Å². The summed E-state index contributed by atoms with van der Waals surface area (Å²) in [6.45, 7) is 8.09. The molecular weight excluding hydrogens is 324 g/mol. The monoisotopic (exact) mass is 348 g/mol. The Morgan fingerprint density at radius 2 is 1.79 bits per heavy atom. The van der Waals surface area contributed by atoms with Gasteiger partial charge in [-0.2, -0.15) is 0 Å². The summed E-state index contributed by atoms with van der Waals surface area (Å²) >= 11 is 0. The van der Waals surface area contributed by atoms with Crippen LogP contribution in [0.2, 0.25) is 0 Å². The average molecular weight is 349 g/mol. The predicted molar refractivity (Wildman–Crippen MR) is 102 cm³/mol. The van der Waals surface area contributed by atoms with E-state index in [0.29, 0.717) is 23.0 Å². The summed E-state index contributed by atoms with van der Waals surface area (Å²) in [6.07, 6.45) is -0.612. The smallest absolute Gasteiger partial charge is 0.265 e. The Morgan fingerprint density at radius 3 is 2.38 bits per heavy atom. The van der Waals surface area contributed by atoms with Gasteiger partial charge in [0.1, 0.15) is 5.75 Å². The number of ether oxygens (including phenoxy) is 1. The minimum absolute atomic E-state index is 0. The average Bonchev–Trinajstić information content (AvgIpc) is 2.49. The van der Waals surface area contributed by atoms with Crippen LogP contribution >= 0.6 is 12.4 Å². The molecule has 0 saturated carbocycles. The third kappa shape index (κ3) is 4.90. The van der Waals surface area contributed by atoms with Crippen LogP contribution in [0.25, 0.3) is 0 Å². The summed E-state index contributed by atoms with van der Waals surface area (Å²) in [7, 11) is 0. The first-order valence-corrected chi connectivity index (χ1v) is 7.81. The maximum Gasteiger partial charge on any atom is 0.265 e. The maximum absolute atomic E-state index is 12.2. The summed E-state index contributed by atoms with van der Waals surface area (Å²) < 4.78 is 5.75. The van der Waals surface area contributed by atoms with Gasteiger partial charge in [0.2, 0.25) is 0 Å². The van der Waals surface area contributed by atoms with Crippen LogP contribution in [0.1, 0.15) is 37.8 Å². The number of nitrogens with two attached hydrogens (primary N) is 1. The highest BCUT2D eigenvalue weighted by molar-refractivity contribution is 5.96. The maximum atomic E-state index is 12.2. The van der Waals surface area contributed by atoms with Crippen LogP contribution in [0.15, 0.2) is 42.5 Å². The summed E-state index contributed by atoms with van der Waals surface area (Å²) in [5, 5.41) is 2.79. The van der Waals surface area contributed by atoms with Crippen molar-refractivity contribution in [3.8, 4) is 5.75 Å². The van der Waals surface area contributed by atoms with Gasteiger partial charge in [0.05, 0.1) is 11.4 Å². The molecule has 0 saturated heterocycles. The van der Waals surface area contributed by atoms with E-state index in [1.54, 1.807) is 19.1 Å². The van der Waals surface area contributed by atoms with E-state index in [1.165, 1.54) is 5.56 Å². The minimum Gasteiger partial charge on any atom is -0.481 e. The number of amides is 1. The molecule has 0 radical (unpaired) electrons. The standard InChI is InChI=1S/C19H24N2O2.ClH/c1-12(2)16-10-9-15(11-13(16)3)23-14(4)19(22)21-18-8-6-5-7-17(18)20;/h5-12,14H,20H2,1-4H3,(H,21,22);1H. The quantitative estimate of drug-likeness (QED) is 0.780. The summed E-state index contributed by atoms with van der Waals surface area (Å²) in [6, 6.07) is 13.1. The van der Waals surface area contributed by atoms with Crippen molar-refractivity contribution in [1.82, 2.24) is 0 Å². The lowest BCUT2D eigenvalue weighted by Gasteiger charge is -2.17. The first-order chi connectivity index (χ1) is 10.9. The molecule has 1 amide bonds. The summed E-state index contributed by atoms with van der Waals surface area (Å²) in [4.78, 5) is 12.2. The third-order valence-electron chi connectivity index (χ3n) is 3.76. The van der Waals surface area contributed by atoms with Gasteiger partial charge >= 0.3 is 0 Å². The second-order valence-corrected chi connectivity index (χ2v) is 6.01. The molecule has 1 unspecified atom stereocenters. The number of carbonyl (C=O) groups is 1. The molecule has 24 heavy (non-hydrogen) atoms. The highest BCUT2D eigenvalue weighted by Crippen LogP contribution is 2.24. The molecule has 0 spiro atoms. The Bertz CT molecular complexity index is 702. The molecular formula is C19H25ClN2O2. The van der Waals surface area contributed by atoms with Crippen LogP contribution in [0.3, 0.4) is 0 Å². The number of hydrogen-bond donors (Lipinski definition) is 2. The number of nitrogen functional groups attached to an aromatic ring is 1. The van der Waals surface area contributed by atoms with Gasteiger partial charge in [-0.25, -0.2) is 0 Å². The van der Waals surface area contributed by atoms with Crippen LogP contribution < -0.4 is 15.8 Å². The number of halogens is 1. The Morgan fingerprint density at radius 1 is 1.12 bits per heavy atom. The second kappa shape index (κ2) is 8.60. The van der Waals surface area contributed by atoms with E-state index < -0.39 is 6.10 Å². The molecule has 5 heteroatoms. The van der Waals surface area contributed by atoms with Crippen LogP contribution in [0.5, 0.6) is 5.75 Å². The Kier molecular flexibility index (Phi) is 7.11. The number of benzene rings is 2. The van der Waals surface area contributed by atoms with E-state index in [9.17, 15) is 4.79 Å². The zero-order valence-electron chi connectivity index (χ0n) is 14.5. The van der Waals surface area contributed by atoms with Crippen molar-refractivity contribution in [1.29, 1.82) is 0 Å². The SMILES string of the molecule is Cc1cc(OC(C)C(=O)Nc2ccccc2N)ccc1C(C)C.Cl. The molecule has 4 nitrogen and oxygen atoms in total. The molecule has 2 aromatic rings. The first kappa shape index (κ1) is 19.8. The molecule has 2 aromatic carbocycles. The van der Waals surface area contributed by atoms with E-state index >= 15 is 0 Å². The Labute approximate surface area is 149 Å². The molecule has 1 atom stereocenters. The van der Waals surface area contributed by atoms with Crippen LogP contribution in [-0.2, 0) is 4.79 Å². The van der Waals surface area contributed by atoms with Gasteiger partial charge in [0.15, 0.2) is 6.10 Å². The lowest BCUT2D eigenvalue weighted by atomic mass is 9.98. The van der Waals surface area contributed by atoms with Gasteiger partial charge < -0.3 is 15.8 Å². The third-order valence-corrected chi connectivity index (χ3v) is 3.76. The van der Waals surface area contributed by atoms with E-state index in [-0.39, 0.29) is 18.3 Å². The van der Waals surface area contributed by atoms with Gasteiger partial charge in [0.25, 0.3) is 5.91 Å². The predicted octanol–water partition coefficient (Wildman–Crippen LogP) is 4.53. The molecule has 0 aliphatic rings. The molecule has 0 fully saturated rings. The van der Waals surface area contributed by atoms with Crippen LogP contribution in [-0.4, -0.2) is 12.0 Å². The van der Waals surface area contributed by atoms with E-state index in [0.717, 1.165) is 5.56 Å². The van der Waals surface area contributed by atoms with Crippen molar-refractivity contribution in [2.75, 3.05) is 11.1 Å². The van der Waals surface area contributed by atoms with Crippen molar-refractivity contribution in [2.45, 2.75) is 39.7 Å². The van der Waals surface area contributed by atoms with Crippen molar-refractivity contribution >= 4 is 29.7 Å². The molecule has 0 aliphatic heterocycles. The summed E-state index contributed by atoms with van der Waals surface area (Å²) in [5.74, 6) is 0.926. The lowest BCUT2D eigenvalue weighted by Crippen LogP contribution is -2.30. The molecule has 0 aliphatic carbocycles. The van der Waals surface area contributed by atoms with E-state index in [4.69, 9.17) is 10.5 Å². The number of hydrogen-bond acceptors (Lipinski definition) is 3. The number of para-hydroxylation sites is 2. The number of aryl methyl sites for hydroxylation is 1. The van der Waals surface area contributed by atoms with Crippen LogP contribution in [0.4, 0.5) is 11.4 Å². The largest absolute Gasteiger partial charge is 0.481 e. The molecule has 0 heterocycles. The molecule has 3 N–H and O–H groups in total. The number of carbonyl (C=O) groups excluding carboxylic acids is 1. The fourth-order valence-electron chi connectivity index (χ4n) is 2.47. The van der Waals surface area contributed by atoms with Crippen molar-refractivity contribution in [3.05, 3.63) is 53.6 Å². The summed E-state index contributed by atoms with van der Waals surface area (Å²) in [5.41, 5.74) is 9.41. The van der Waals surface area contributed by atoms with Gasteiger partial charge in [-0.15, -0.1) is 12.4 Å². The van der Waals surface area contributed by atoms with E-state index in [2.05, 4.69) is 32.2 Å². The zero-order chi connectivity index (χ0) is 17.0. The number of anilines is 2. The topological polar surface area (TPSA) is 64.3 Å². The minimum atomic E-state index is -0.612. The fourth-order valence-corrected chi connectivity index (χ4v) is 2.47. The van der Waals surface area contributed by atoms with Crippen molar-refractivity contribution in [3.63, 3.8) is 0 Å². The Hall–Kier alpha value is -2.20. The van der Waals surface area contributed by atoms with Gasteiger partial charge in [-0.3, -0.25) is 4.79 Å². The molecule has 0 bridgehead atoms. The highest BCUT2D eigenvalue weighted by Gasteiger charge is 2.16. The Balaban J connectivity index is 0.00000288. The van der Waals surface area contributed by atoms with Crippen molar-refractivity contribution < 1.29 is 9.53 Å². The second-order valence-electron chi connectivity index (χ2n) is 6.01. The zero-order valence-corrected chi connectivity index (χ0v) is 15.3. The molecule has 130 valence electrons.